The van der Waals surface area contributed by atoms with Crippen molar-refractivity contribution in [2.75, 3.05) is 12.4 Å². The lowest BCUT2D eigenvalue weighted by atomic mass is 9.82. The molecule has 0 atom stereocenters. The van der Waals surface area contributed by atoms with Gasteiger partial charge in [0.05, 0.1) is 7.11 Å². The lowest BCUT2D eigenvalue weighted by Crippen LogP contribution is -2.30. The van der Waals surface area contributed by atoms with Crippen molar-refractivity contribution in [3.63, 3.8) is 0 Å². The SMILES string of the molecule is COC(=O)Nc1ccc(B(O)O)cn1. The molecular weight excluding hydrogens is 187 g/mol. The van der Waals surface area contributed by atoms with Crippen molar-refractivity contribution < 1.29 is 19.6 Å². The van der Waals surface area contributed by atoms with Gasteiger partial charge in [0.25, 0.3) is 0 Å². The topological polar surface area (TPSA) is 91.7 Å². The van der Waals surface area contributed by atoms with Crippen LogP contribution in [-0.2, 0) is 4.74 Å². The number of hydrogen-bond acceptors (Lipinski definition) is 5. The van der Waals surface area contributed by atoms with Gasteiger partial charge in [-0.2, -0.15) is 0 Å². The standard InChI is InChI=1S/C7H9BN2O4/c1-14-7(11)10-6-3-2-5(4-9-6)8(12)13/h2-4,12-13H,1H3,(H,9,10,11). The van der Waals surface area contributed by atoms with Gasteiger partial charge in [-0.25, -0.2) is 9.78 Å². The number of nitrogens with zero attached hydrogens (tertiary/aromatic N) is 1. The molecule has 0 aromatic carbocycles. The van der Waals surface area contributed by atoms with E-state index in [1.54, 1.807) is 0 Å². The summed E-state index contributed by atoms with van der Waals surface area (Å²) in [6.45, 7) is 0. The normalized spacial score (nSPS) is 9.36. The van der Waals surface area contributed by atoms with E-state index in [-0.39, 0.29) is 11.3 Å². The first-order valence-corrected chi connectivity index (χ1v) is 3.80. The van der Waals surface area contributed by atoms with Crippen LogP contribution < -0.4 is 10.8 Å². The maximum Gasteiger partial charge on any atom is 0.490 e. The number of ether oxygens (including phenoxy) is 1. The van der Waals surface area contributed by atoms with Gasteiger partial charge >= 0.3 is 13.2 Å². The summed E-state index contributed by atoms with van der Waals surface area (Å²) in [4.78, 5) is 14.5. The summed E-state index contributed by atoms with van der Waals surface area (Å²) in [7, 11) is -0.323. The molecule has 1 heterocycles. The van der Waals surface area contributed by atoms with Gasteiger partial charge in [0.2, 0.25) is 0 Å². The second-order valence-corrected chi connectivity index (χ2v) is 2.47. The predicted octanol–water partition coefficient (Wildman–Crippen LogP) is -1.06. The van der Waals surface area contributed by atoms with Gasteiger partial charge in [0.1, 0.15) is 5.82 Å². The van der Waals surface area contributed by atoms with E-state index in [1.165, 1.54) is 25.4 Å². The van der Waals surface area contributed by atoms with E-state index in [0.717, 1.165) is 0 Å². The number of methoxy groups -OCH3 is 1. The van der Waals surface area contributed by atoms with Crippen LogP contribution in [0.5, 0.6) is 0 Å². The number of anilines is 1. The van der Waals surface area contributed by atoms with Crippen LogP contribution in [0, 0.1) is 0 Å². The van der Waals surface area contributed by atoms with E-state index in [0.29, 0.717) is 0 Å². The zero-order valence-corrected chi connectivity index (χ0v) is 7.47. The number of hydrogen-bond donors (Lipinski definition) is 3. The molecule has 3 N–H and O–H groups in total. The molecule has 74 valence electrons. The smallest absolute Gasteiger partial charge is 0.453 e. The summed E-state index contributed by atoms with van der Waals surface area (Å²) in [5, 5.41) is 19.8. The summed E-state index contributed by atoms with van der Waals surface area (Å²) < 4.78 is 4.34. The molecular formula is C7H9BN2O4. The van der Waals surface area contributed by atoms with Gasteiger partial charge in [0, 0.05) is 11.7 Å². The minimum absolute atomic E-state index is 0.250. The first-order valence-electron chi connectivity index (χ1n) is 3.80. The molecule has 0 bridgehead atoms. The molecule has 1 aromatic rings. The van der Waals surface area contributed by atoms with Crippen LogP contribution in [0.3, 0.4) is 0 Å². The van der Waals surface area contributed by atoms with E-state index in [4.69, 9.17) is 10.0 Å². The van der Waals surface area contributed by atoms with Crippen molar-refractivity contribution >= 4 is 24.5 Å². The highest BCUT2D eigenvalue weighted by molar-refractivity contribution is 6.58. The zero-order valence-electron chi connectivity index (χ0n) is 7.47. The highest BCUT2D eigenvalue weighted by atomic mass is 16.5. The first-order chi connectivity index (χ1) is 6.63. The van der Waals surface area contributed by atoms with E-state index in [9.17, 15) is 4.79 Å². The average molecular weight is 196 g/mol. The monoisotopic (exact) mass is 196 g/mol. The third-order valence-corrected chi connectivity index (χ3v) is 1.50. The summed E-state index contributed by atoms with van der Waals surface area (Å²) >= 11 is 0. The molecule has 0 aliphatic rings. The minimum Gasteiger partial charge on any atom is -0.453 e. The quantitative estimate of drug-likeness (QED) is 0.524. The van der Waals surface area contributed by atoms with Crippen molar-refractivity contribution in [3.8, 4) is 0 Å². The number of pyridine rings is 1. The molecule has 6 nitrogen and oxygen atoms in total. The molecule has 0 fully saturated rings. The van der Waals surface area contributed by atoms with Crippen molar-refractivity contribution in [1.29, 1.82) is 0 Å². The van der Waals surface area contributed by atoms with E-state index in [2.05, 4.69) is 15.0 Å². The molecule has 0 aliphatic heterocycles. The zero-order chi connectivity index (χ0) is 10.6. The Morgan fingerprint density at radius 1 is 1.57 bits per heavy atom. The molecule has 0 aliphatic carbocycles. The van der Waals surface area contributed by atoms with E-state index < -0.39 is 13.2 Å². The Kier molecular flexibility index (Phi) is 3.44. The molecule has 1 aromatic heterocycles. The van der Waals surface area contributed by atoms with Gasteiger partial charge in [-0.1, -0.05) is 6.07 Å². The Morgan fingerprint density at radius 2 is 2.29 bits per heavy atom. The molecule has 0 spiro atoms. The number of carbonyl (C=O) groups excluding carboxylic acids is 1. The predicted molar refractivity (Wildman–Crippen MR) is 50.1 cm³/mol. The second-order valence-electron chi connectivity index (χ2n) is 2.47. The van der Waals surface area contributed by atoms with Crippen molar-refractivity contribution in [1.82, 2.24) is 4.98 Å². The Balaban J connectivity index is 2.69. The number of aromatic nitrogens is 1. The molecule has 0 saturated heterocycles. The number of nitrogens with one attached hydrogen (secondary N) is 1. The van der Waals surface area contributed by atoms with E-state index in [1.807, 2.05) is 0 Å². The first kappa shape index (κ1) is 10.5. The molecule has 0 saturated carbocycles. The molecule has 1 rings (SSSR count). The highest BCUT2D eigenvalue weighted by Gasteiger charge is 2.11. The van der Waals surface area contributed by atoms with Crippen molar-refractivity contribution in [2.24, 2.45) is 0 Å². The van der Waals surface area contributed by atoms with Crippen LogP contribution in [0.25, 0.3) is 0 Å². The van der Waals surface area contributed by atoms with Gasteiger partial charge < -0.3 is 14.8 Å². The molecule has 14 heavy (non-hydrogen) atoms. The molecule has 7 heteroatoms. The number of carbonyl (C=O) groups is 1. The van der Waals surface area contributed by atoms with Crippen LogP contribution in [0.15, 0.2) is 18.3 Å². The molecule has 0 unspecified atom stereocenters. The second kappa shape index (κ2) is 4.59. The fourth-order valence-corrected chi connectivity index (χ4v) is 0.788. The summed E-state index contributed by atoms with van der Waals surface area (Å²) in [6, 6.07) is 2.87. The molecule has 0 radical (unpaired) electrons. The average Bonchev–Trinajstić information content (AvgIpc) is 2.18. The lowest BCUT2D eigenvalue weighted by molar-refractivity contribution is 0.187. The third-order valence-electron chi connectivity index (χ3n) is 1.50. The fraction of sp³-hybridized carbons (Fsp3) is 0.143. The largest absolute Gasteiger partial charge is 0.490 e. The highest BCUT2D eigenvalue weighted by Crippen LogP contribution is 1.99. The van der Waals surface area contributed by atoms with Crippen LogP contribution in [0.1, 0.15) is 0 Å². The lowest BCUT2D eigenvalue weighted by Gasteiger charge is -2.03. The minimum atomic E-state index is -1.56. The summed E-state index contributed by atoms with van der Waals surface area (Å²) in [5.74, 6) is 0.279. The Morgan fingerprint density at radius 3 is 2.71 bits per heavy atom. The van der Waals surface area contributed by atoms with Gasteiger partial charge in [-0.3, -0.25) is 5.32 Å². The molecule has 1 amide bonds. The number of rotatable bonds is 2. The van der Waals surface area contributed by atoms with Crippen LogP contribution in [0.4, 0.5) is 10.6 Å². The maximum absolute atomic E-state index is 10.7. The van der Waals surface area contributed by atoms with Crippen LogP contribution in [0.2, 0.25) is 0 Å². The van der Waals surface area contributed by atoms with Crippen LogP contribution in [-0.4, -0.2) is 35.4 Å². The van der Waals surface area contributed by atoms with Gasteiger partial charge in [0.15, 0.2) is 0 Å². The maximum atomic E-state index is 10.7. The van der Waals surface area contributed by atoms with Crippen molar-refractivity contribution in [2.45, 2.75) is 0 Å². The Hall–Kier alpha value is -1.60. The number of amides is 1. The van der Waals surface area contributed by atoms with Crippen molar-refractivity contribution in [3.05, 3.63) is 18.3 Å². The van der Waals surface area contributed by atoms with Crippen LogP contribution >= 0.6 is 0 Å². The summed E-state index contributed by atoms with van der Waals surface area (Å²) in [6.07, 6.45) is 0.616. The Labute approximate surface area is 80.7 Å². The fourth-order valence-electron chi connectivity index (χ4n) is 0.788. The Bertz CT molecular complexity index is 314. The van der Waals surface area contributed by atoms with Gasteiger partial charge in [-0.15, -0.1) is 0 Å². The third kappa shape index (κ3) is 2.72. The summed E-state index contributed by atoms with van der Waals surface area (Å²) in [5.41, 5.74) is 0.250. The van der Waals surface area contributed by atoms with Gasteiger partial charge in [-0.05, 0) is 6.07 Å². The van der Waals surface area contributed by atoms with E-state index >= 15 is 0 Å².